The van der Waals surface area contributed by atoms with Crippen molar-refractivity contribution in [3.63, 3.8) is 0 Å². The molecule has 0 amide bonds. The fourth-order valence-corrected chi connectivity index (χ4v) is 2.63. The molecule has 1 aromatic rings. The molecule has 0 fully saturated rings. The van der Waals surface area contributed by atoms with E-state index in [1.807, 2.05) is 6.07 Å². The first-order valence-corrected chi connectivity index (χ1v) is 6.65. The predicted octanol–water partition coefficient (Wildman–Crippen LogP) is 4.41. The second-order valence-electron chi connectivity index (χ2n) is 3.92. The number of pyridine rings is 1. The quantitative estimate of drug-likeness (QED) is 0.833. The highest BCUT2D eigenvalue weighted by Crippen LogP contribution is 2.24. The highest BCUT2D eigenvalue weighted by atomic mass is 79.9. The molecular formula is C12H14BrClN2. The number of allylic oxidation sites excluding steroid dienone is 1. The monoisotopic (exact) mass is 300 g/mol. The van der Waals surface area contributed by atoms with Gasteiger partial charge in [-0.1, -0.05) is 23.3 Å². The molecule has 1 aliphatic rings. The molecule has 1 N–H and O–H groups in total. The minimum absolute atomic E-state index is 0.649. The summed E-state index contributed by atoms with van der Waals surface area (Å²) in [5, 5.41) is 3.96. The topological polar surface area (TPSA) is 24.9 Å². The maximum atomic E-state index is 5.83. The smallest absolute Gasteiger partial charge is 0.140 e. The van der Waals surface area contributed by atoms with Crippen molar-refractivity contribution in [1.82, 2.24) is 4.98 Å². The van der Waals surface area contributed by atoms with Crippen molar-refractivity contribution < 1.29 is 0 Å². The van der Waals surface area contributed by atoms with Crippen LogP contribution in [0.5, 0.6) is 0 Å². The van der Waals surface area contributed by atoms with Gasteiger partial charge >= 0.3 is 0 Å². The number of hydrogen-bond acceptors (Lipinski definition) is 2. The molecule has 0 unspecified atom stereocenters. The minimum Gasteiger partial charge on any atom is -0.369 e. The van der Waals surface area contributed by atoms with Gasteiger partial charge in [-0.25, -0.2) is 4.98 Å². The maximum absolute atomic E-state index is 5.83. The zero-order valence-corrected chi connectivity index (χ0v) is 11.3. The van der Waals surface area contributed by atoms with Crippen LogP contribution in [0.3, 0.4) is 0 Å². The zero-order chi connectivity index (χ0) is 11.4. The lowest BCUT2D eigenvalue weighted by molar-refractivity contribution is 0.861. The molecule has 0 radical (unpaired) electrons. The van der Waals surface area contributed by atoms with Crippen LogP contribution in [0.15, 0.2) is 28.4 Å². The summed E-state index contributed by atoms with van der Waals surface area (Å²) in [5.74, 6) is 0.864. The van der Waals surface area contributed by atoms with Gasteiger partial charge in [-0.15, -0.1) is 0 Å². The Hall–Kier alpha value is -0.540. The maximum Gasteiger partial charge on any atom is 0.140 e. The molecule has 16 heavy (non-hydrogen) atoms. The Bertz CT molecular complexity index is 404. The highest BCUT2D eigenvalue weighted by Gasteiger charge is 2.05. The van der Waals surface area contributed by atoms with Gasteiger partial charge in [0.1, 0.15) is 5.82 Å². The molecule has 0 spiro atoms. The highest BCUT2D eigenvalue weighted by molar-refractivity contribution is 9.10. The van der Waals surface area contributed by atoms with E-state index in [1.54, 1.807) is 11.8 Å². The van der Waals surface area contributed by atoms with E-state index in [1.165, 1.54) is 19.3 Å². The minimum atomic E-state index is 0.649. The Balaban J connectivity index is 1.84. The molecule has 0 bridgehead atoms. The lowest BCUT2D eigenvalue weighted by Gasteiger charge is -2.08. The van der Waals surface area contributed by atoms with Gasteiger partial charge in [0, 0.05) is 12.7 Å². The third-order valence-electron chi connectivity index (χ3n) is 2.68. The van der Waals surface area contributed by atoms with E-state index in [2.05, 4.69) is 32.3 Å². The van der Waals surface area contributed by atoms with Crippen LogP contribution in [0.2, 0.25) is 5.02 Å². The molecule has 4 heteroatoms. The first kappa shape index (κ1) is 11.9. The van der Waals surface area contributed by atoms with Gasteiger partial charge in [-0.2, -0.15) is 0 Å². The van der Waals surface area contributed by atoms with Crippen molar-refractivity contribution in [2.24, 2.45) is 0 Å². The Labute approximate surface area is 109 Å². The van der Waals surface area contributed by atoms with E-state index in [0.717, 1.165) is 23.3 Å². The van der Waals surface area contributed by atoms with Gasteiger partial charge in [-0.05, 0) is 47.7 Å². The third kappa shape index (κ3) is 3.22. The van der Waals surface area contributed by atoms with Crippen LogP contribution >= 0.6 is 27.5 Å². The van der Waals surface area contributed by atoms with E-state index in [9.17, 15) is 0 Å². The number of nitrogens with zero attached hydrogens (tertiary/aromatic N) is 1. The average Bonchev–Trinajstić information content (AvgIpc) is 2.74. The number of aromatic nitrogens is 1. The van der Waals surface area contributed by atoms with Crippen molar-refractivity contribution in [2.75, 3.05) is 11.9 Å². The van der Waals surface area contributed by atoms with Crippen LogP contribution < -0.4 is 5.32 Å². The molecular weight excluding hydrogens is 288 g/mol. The predicted molar refractivity (Wildman–Crippen MR) is 72.0 cm³/mol. The summed E-state index contributed by atoms with van der Waals surface area (Å²) < 4.78 is 0.917. The Morgan fingerprint density at radius 2 is 2.38 bits per heavy atom. The van der Waals surface area contributed by atoms with Crippen molar-refractivity contribution in [3.05, 3.63) is 33.4 Å². The molecule has 1 heterocycles. The normalized spacial score (nSPS) is 15.0. The summed E-state index contributed by atoms with van der Waals surface area (Å²) in [5.41, 5.74) is 1.57. The molecule has 0 atom stereocenters. The van der Waals surface area contributed by atoms with E-state index >= 15 is 0 Å². The number of rotatable bonds is 4. The summed E-state index contributed by atoms with van der Waals surface area (Å²) in [6, 6.07) is 1.85. The Morgan fingerprint density at radius 3 is 3.06 bits per heavy atom. The van der Waals surface area contributed by atoms with Gasteiger partial charge in [0.25, 0.3) is 0 Å². The van der Waals surface area contributed by atoms with Crippen molar-refractivity contribution in [3.8, 4) is 0 Å². The fraction of sp³-hybridized carbons (Fsp3) is 0.417. The number of halogens is 2. The summed E-state index contributed by atoms with van der Waals surface area (Å²) in [6.45, 7) is 0.930. The van der Waals surface area contributed by atoms with E-state index in [-0.39, 0.29) is 0 Å². The van der Waals surface area contributed by atoms with Crippen LogP contribution in [-0.4, -0.2) is 11.5 Å². The molecule has 0 saturated heterocycles. The van der Waals surface area contributed by atoms with E-state index in [0.29, 0.717) is 5.02 Å². The summed E-state index contributed by atoms with van der Waals surface area (Å²) in [6.07, 6.45) is 8.94. The van der Waals surface area contributed by atoms with Crippen LogP contribution in [0.25, 0.3) is 0 Å². The van der Waals surface area contributed by atoms with Gasteiger partial charge in [-0.3, -0.25) is 0 Å². The first-order valence-electron chi connectivity index (χ1n) is 5.48. The number of hydrogen-bond donors (Lipinski definition) is 1. The van der Waals surface area contributed by atoms with Crippen LogP contribution in [-0.2, 0) is 0 Å². The molecule has 0 aliphatic heterocycles. The zero-order valence-electron chi connectivity index (χ0n) is 8.97. The Kier molecular flexibility index (Phi) is 4.24. The van der Waals surface area contributed by atoms with Crippen LogP contribution in [0, 0.1) is 0 Å². The summed E-state index contributed by atoms with van der Waals surface area (Å²) in [4.78, 5) is 4.23. The molecule has 0 saturated carbocycles. The van der Waals surface area contributed by atoms with Crippen LogP contribution in [0.1, 0.15) is 25.7 Å². The second-order valence-corrected chi connectivity index (χ2v) is 5.21. The van der Waals surface area contributed by atoms with E-state index < -0.39 is 0 Å². The van der Waals surface area contributed by atoms with Gasteiger partial charge in [0.05, 0.1) is 9.50 Å². The van der Waals surface area contributed by atoms with Crippen molar-refractivity contribution in [2.45, 2.75) is 25.7 Å². The first-order chi connectivity index (χ1) is 7.75. The summed E-state index contributed by atoms with van der Waals surface area (Å²) >= 11 is 9.26. The molecule has 86 valence electrons. The van der Waals surface area contributed by atoms with E-state index in [4.69, 9.17) is 11.6 Å². The molecule has 0 aromatic carbocycles. The third-order valence-corrected chi connectivity index (χ3v) is 3.49. The van der Waals surface area contributed by atoms with Crippen molar-refractivity contribution >= 4 is 33.3 Å². The largest absolute Gasteiger partial charge is 0.369 e. The average molecular weight is 302 g/mol. The number of nitrogens with one attached hydrogen (secondary N) is 1. The van der Waals surface area contributed by atoms with Gasteiger partial charge in [0.15, 0.2) is 0 Å². The van der Waals surface area contributed by atoms with Crippen LogP contribution in [0.4, 0.5) is 5.82 Å². The molecule has 1 aliphatic carbocycles. The molecule has 1 aromatic heterocycles. The van der Waals surface area contributed by atoms with Crippen molar-refractivity contribution in [1.29, 1.82) is 0 Å². The summed E-state index contributed by atoms with van der Waals surface area (Å²) in [7, 11) is 0. The lowest BCUT2D eigenvalue weighted by Crippen LogP contribution is -2.04. The molecule has 2 rings (SSSR count). The Morgan fingerprint density at radius 1 is 1.50 bits per heavy atom. The van der Waals surface area contributed by atoms with Gasteiger partial charge < -0.3 is 5.32 Å². The second kappa shape index (κ2) is 5.69. The fourth-order valence-electron chi connectivity index (χ4n) is 1.85. The van der Waals surface area contributed by atoms with Gasteiger partial charge in [0.2, 0.25) is 0 Å². The standard InChI is InChI=1S/C12H14BrClN2/c13-11-7-10(14)8-16-12(11)15-6-5-9-3-1-2-4-9/h3,7-8H,1-2,4-6H2,(H,15,16). The lowest BCUT2D eigenvalue weighted by atomic mass is 10.2. The molecule has 2 nitrogen and oxygen atoms in total. The number of anilines is 1. The SMILES string of the molecule is Clc1cnc(NCCC2=CCCC2)c(Br)c1.